The lowest BCUT2D eigenvalue weighted by atomic mass is 10.0. The average molecular weight is 609 g/mol. The molecule has 244 valence electrons. The summed E-state index contributed by atoms with van der Waals surface area (Å²) in [5, 5.41) is 11.9. The van der Waals surface area contributed by atoms with E-state index in [0.717, 1.165) is 47.0 Å². The Morgan fingerprint density at radius 2 is 1.73 bits per heavy atom. The fraction of sp³-hybridized carbons (Fsp3) is 0.444. The van der Waals surface area contributed by atoms with Crippen LogP contribution in [-0.4, -0.2) is 41.2 Å². The number of pyridine rings is 1. The van der Waals surface area contributed by atoms with Crippen LogP contribution >= 0.6 is 0 Å². The number of carboxylic acids is 1. The molecule has 4 rings (SSSR count). The number of nitrogens with zero attached hydrogens (tertiary/aromatic N) is 1. The largest absolute Gasteiger partial charge is 0.490 e. The maximum Gasteiger partial charge on any atom is 0.303 e. The highest BCUT2D eigenvalue weighted by molar-refractivity contribution is 5.69. The van der Waals surface area contributed by atoms with Crippen molar-refractivity contribution in [2.45, 2.75) is 88.2 Å². The zero-order valence-electron chi connectivity index (χ0n) is 28.6. The van der Waals surface area contributed by atoms with Gasteiger partial charge in [-0.15, -0.1) is 0 Å². The molecule has 0 aliphatic carbocycles. The predicted octanol–water partition coefficient (Wildman–Crippen LogP) is 7.74. The zero-order valence-corrected chi connectivity index (χ0v) is 28.6. The summed E-state index contributed by atoms with van der Waals surface area (Å²) in [7, 11) is 1.87. The van der Waals surface area contributed by atoms with Gasteiger partial charge in [0.1, 0.15) is 12.4 Å². The number of hydrogen-bond acceptors (Lipinski definition) is 6. The number of aromatic amines is 1. The quantitative estimate of drug-likeness (QED) is 0.167. The Morgan fingerprint density at radius 3 is 2.30 bits per heavy atom. The lowest BCUT2D eigenvalue weighted by molar-refractivity contribution is -0.136. The molecule has 0 spiro atoms. The van der Waals surface area contributed by atoms with Crippen molar-refractivity contribution >= 4 is 17.3 Å². The van der Waals surface area contributed by atoms with Gasteiger partial charge >= 0.3 is 5.97 Å². The smallest absolute Gasteiger partial charge is 0.303 e. The summed E-state index contributed by atoms with van der Waals surface area (Å²) in [6.07, 6.45) is 2.75. The molecule has 8 heteroatoms. The fourth-order valence-corrected chi connectivity index (χ4v) is 3.92. The molecule has 0 amide bonds. The van der Waals surface area contributed by atoms with Crippen molar-refractivity contribution in [2.75, 3.05) is 31.2 Å². The van der Waals surface area contributed by atoms with Crippen LogP contribution in [0.4, 0.5) is 11.4 Å². The molecule has 5 N–H and O–H groups in total. The van der Waals surface area contributed by atoms with Gasteiger partial charge in [-0.2, -0.15) is 0 Å². The third kappa shape index (κ3) is 14.9. The first-order chi connectivity index (χ1) is 21.0. The number of aliphatic carboxylic acids is 1. The van der Waals surface area contributed by atoms with E-state index in [1.165, 1.54) is 22.8 Å². The summed E-state index contributed by atoms with van der Waals surface area (Å²) in [6, 6.07) is 15.2. The Balaban J connectivity index is 0.000000802. The van der Waals surface area contributed by atoms with Crippen molar-refractivity contribution in [3.63, 3.8) is 0 Å². The molecule has 2 aromatic carbocycles. The summed E-state index contributed by atoms with van der Waals surface area (Å²) in [5.74, 6) is -0.0543. The number of aryl methyl sites for hydroxylation is 3. The monoisotopic (exact) mass is 608 g/mol. The molecule has 1 aliphatic rings. The van der Waals surface area contributed by atoms with Gasteiger partial charge in [-0.3, -0.25) is 14.5 Å². The highest BCUT2D eigenvalue weighted by atomic mass is 16.5. The highest BCUT2D eigenvalue weighted by Crippen LogP contribution is 2.22. The number of nitrogens with two attached hydrogens (primary N) is 1. The van der Waals surface area contributed by atoms with Crippen molar-refractivity contribution < 1.29 is 14.6 Å². The topological polar surface area (TPSA) is 121 Å². The first-order valence-electron chi connectivity index (χ1n) is 15.5. The number of nitrogens with one attached hydrogen (secondary N) is 2. The number of ether oxygens (including phenoxy) is 1. The first-order valence-corrected chi connectivity index (χ1v) is 15.5. The second kappa shape index (κ2) is 22.5. The molecular weight excluding hydrogens is 552 g/mol. The molecule has 2 heterocycles. The zero-order chi connectivity index (χ0) is 33.7. The summed E-state index contributed by atoms with van der Waals surface area (Å²) in [5.41, 5.74) is 14.1. The van der Waals surface area contributed by atoms with Crippen LogP contribution < -0.4 is 21.3 Å². The van der Waals surface area contributed by atoms with Crippen LogP contribution in [0.2, 0.25) is 0 Å². The number of benzene rings is 2. The number of carbonyl (C=O) groups is 1. The summed E-state index contributed by atoms with van der Waals surface area (Å²) < 4.78 is 5.71. The number of hydrogen-bond donors (Lipinski definition) is 4. The number of carboxylic acid groups (broad SMARTS) is 1. The average Bonchev–Trinajstić information content (AvgIpc) is 3.22. The second-order valence-corrected chi connectivity index (χ2v) is 10.0. The van der Waals surface area contributed by atoms with Gasteiger partial charge in [-0.25, -0.2) is 0 Å². The van der Waals surface area contributed by atoms with Crippen LogP contribution in [0, 0.1) is 13.8 Å². The molecule has 1 aliphatic heterocycles. The maximum absolute atomic E-state index is 11.6. The summed E-state index contributed by atoms with van der Waals surface area (Å²) in [4.78, 5) is 27.4. The molecule has 44 heavy (non-hydrogen) atoms. The molecule has 0 atom stereocenters. The number of fused-ring (bicyclic) bond motifs is 1. The van der Waals surface area contributed by atoms with Crippen LogP contribution in [0.25, 0.3) is 0 Å². The van der Waals surface area contributed by atoms with E-state index in [1.807, 2.05) is 78.9 Å². The SMILES string of the molecule is CC.CC.CC=C(C)C.CNc1cccc(C)c1N.Cc1ccc(CCC(=O)O)cc1CN1CCOc2ccc(=O)[nH]c2C1. The van der Waals surface area contributed by atoms with Crippen molar-refractivity contribution in [3.05, 3.63) is 98.5 Å². The van der Waals surface area contributed by atoms with Gasteiger partial charge in [0.05, 0.1) is 17.1 Å². The number of nitrogen functional groups attached to an aromatic ring is 1. The minimum Gasteiger partial charge on any atom is -0.490 e. The van der Waals surface area contributed by atoms with Crippen molar-refractivity contribution in [1.29, 1.82) is 0 Å². The van der Waals surface area contributed by atoms with E-state index in [-0.39, 0.29) is 12.0 Å². The molecule has 0 unspecified atom stereocenters. The Hall–Kier alpha value is -4.04. The maximum atomic E-state index is 11.6. The molecule has 0 fully saturated rings. The molecule has 0 saturated carbocycles. The lowest BCUT2D eigenvalue weighted by Gasteiger charge is -2.21. The van der Waals surface area contributed by atoms with E-state index >= 15 is 0 Å². The first kappa shape index (κ1) is 40.0. The second-order valence-electron chi connectivity index (χ2n) is 10.0. The van der Waals surface area contributed by atoms with E-state index in [4.69, 9.17) is 15.6 Å². The molecule has 0 bridgehead atoms. The Labute approximate surface area is 265 Å². The third-order valence-electron chi connectivity index (χ3n) is 6.61. The van der Waals surface area contributed by atoms with Gasteiger partial charge in [0, 0.05) is 39.2 Å². The Morgan fingerprint density at radius 1 is 1.07 bits per heavy atom. The number of para-hydroxylation sites is 1. The van der Waals surface area contributed by atoms with Crippen molar-refractivity contribution in [2.24, 2.45) is 0 Å². The van der Waals surface area contributed by atoms with Gasteiger partial charge in [0.25, 0.3) is 0 Å². The molecule has 3 aromatic rings. The van der Waals surface area contributed by atoms with E-state index in [0.29, 0.717) is 19.6 Å². The Bertz CT molecular complexity index is 1340. The van der Waals surface area contributed by atoms with Crippen LogP contribution in [0.15, 0.2) is 65.0 Å². The normalized spacial score (nSPS) is 11.4. The molecule has 8 nitrogen and oxygen atoms in total. The van der Waals surface area contributed by atoms with E-state index < -0.39 is 5.97 Å². The van der Waals surface area contributed by atoms with Gasteiger partial charge < -0.3 is 25.9 Å². The number of anilines is 2. The summed E-state index contributed by atoms with van der Waals surface area (Å²) >= 11 is 0. The van der Waals surface area contributed by atoms with Crippen LogP contribution in [0.3, 0.4) is 0 Å². The van der Waals surface area contributed by atoms with Crippen LogP contribution in [0.5, 0.6) is 5.75 Å². The number of rotatable bonds is 6. The summed E-state index contributed by atoms with van der Waals surface area (Å²) in [6.45, 7) is 20.9. The van der Waals surface area contributed by atoms with Gasteiger partial charge in [0.2, 0.25) is 5.56 Å². The number of H-pyrrole nitrogens is 1. The van der Waals surface area contributed by atoms with Crippen molar-refractivity contribution in [3.8, 4) is 5.75 Å². The lowest BCUT2D eigenvalue weighted by Crippen LogP contribution is -2.26. The van der Waals surface area contributed by atoms with Gasteiger partial charge in [-0.1, -0.05) is 69.7 Å². The van der Waals surface area contributed by atoms with Gasteiger partial charge in [0.15, 0.2) is 0 Å². The van der Waals surface area contributed by atoms with Gasteiger partial charge in [-0.05, 0) is 75.4 Å². The molecule has 1 aromatic heterocycles. The standard InChI is InChI=1S/C19H22N2O4.C8H12N2.C5H10.2C2H6/c1-13-2-3-14(4-7-19(23)24)10-15(13)11-21-8-9-25-17-5-6-18(22)20-16(17)12-21;1-6-4-3-5-7(10-2)8(6)9;1-4-5(2)3;2*1-2/h2-3,5-6,10H,4,7-9,11-12H2,1H3,(H,20,22)(H,23,24);3-5,10H,9H2,1-2H3;4H,1-3H3;2*1-2H3. The van der Waals surface area contributed by atoms with E-state index in [1.54, 1.807) is 6.07 Å². The van der Waals surface area contributed by atoms with Crippen molar-refractivity contribution in [1.82, 2.24) is 9.88 Å². The molecule has 0 radical (unpaired) electrons. The van der Waals surface area contributed by atoms with Crippen LogP contribution in [0.1, 0.15) is 82.8 Å². The molecule has 0 saturated heterocycles. The Kier molecular flexibility index (Phi) is 20.4. The minimum absolute atomic E-state index is 0.129. The number of allylic oxidation sites excluding steroid dienone is 2. The highest BCUT2D eigenvalue weighted by Gasteiger charge is 2.17. The fourth-order valence-electron chi connectivity index (χ4n) is 3.92. The van der Waals surface area contributed by atoms with E-state index in [2.05, 4.69) is 48.1 Å². The predicted molar refractivity (Wildman–Crippen MR) is 187 cm³/mol. The minimum atomic E-state index is -0.785. The van der Waals surface area contributed by atoms with E-state index in [9.17, 15) is 9.59 Å². The van der Waals surface area contributed by atoms with Crippen LogP contribution in [-0.2, 0) is 24.3 Å². The number of aromatic nitrogens is 1. The third-order valence-corrected chi connectivity index (χ3v) is 6.61. The molecular formula is C36H56N4O4.